The van der Waals surface area contributed by atoms with Crippen LogP contribution >= 0.6 is 0 Å². The number of carbonyl (C=O) groups excluding carboxylic acids is 1. The van der Waals surface area contributed by atoms with Crippen LogP contribution in [0.2, 0.25) is 0 Å². The van der Waals surface area contributed by atoms with Gasteiger partial charge in [0.05, 0.1) is 6.61 Å². The number of aromatic nitrogens is 1. The highest BCUT2D eigenvalue weighted by atomic mass is 16.5. The number of likely N-dealkylation sites (tertiary alicyclic amines) is 1. The van der Waals surface area contributed by atoms with Crippen molar-refractivity contribution in [3.63, 3.8) is 0 Å². The molecule has 0 aliphatic carbocycles. The van der Waals surface area contributed by atoms with E-state index in [4.69, 9.17) is 4.74 Å². The summed E-state index contributed by atoms with van der Waals surface area (Å²) in [6.07, 6.45) is 2.75. The van der Waals surface area contributed by atoms with Crippen molar-refractivity contribution >= 4 is 5.91 Å². The molecule has 1 fully saturated rings. The second-order valence-corrected chi connectivity index (χ2v) is 7.67. The van der Waals surface area contributed by atoms with E-state index < -0.39 is 0 Å². The van der Waals surface area contributed by atoms with Gasteiger partial charge in [0.1, 0.15) is 11.4 Å². The molecule has 1 N–H and O–H groups in total. The maximum Gasteiger partial charge on any atom is 0.269 e. The number of nitrogens with one attached hydrogen (secondary N) is 1. The van der Waals surface area contributed by atoms with Crippen molar-refractivity contribution in [3.05, 3.63) is 59.9 Å². The first-order chi connectivity index (χ1) is 13.1. The average Bonchev–Trinajstić information content (AvgIpc) is 3.13. The summed E-state index contributed by atoms with van der Waals surface area (Å²) in [5.74, 6) is 1.86. The molecule has 1 aromatic heterocycles. The fourth-order valence-electron chi connectivity index (χ4n) is 3.30. The molecular weight excluding hydrogens is 338 g/mol. The number of hydrogen-bond acceptors (Lipinski definition) is 4. The predicted octanol–water partition coefficient (Wildman–Crippen LogP) is 3.37. The number of pyridine rings is 1. The maximum atomic E-state index is 12.1. The third-order valence-electron chi connectivity index (χ3n) is 4.71. The van der Waals surface area contributed by atoms with Gasteiger partial charge in [0.15, 0.2) is 0 Å². The molecule has 3 rings (SSSR count). The maximum absolute atomic E-state index is 12.1. The lowest BCUT2D eigenvalue weighted by Crippen LogP contribution is -2.31. The van der Waals surface area contributed by atoms with E-state index >= 15 is 0 Å². The van der Waals surface area contributed by atoms with Gasteiger partial charge in [-0.25, -0.2) is 0 Å². The molecule has 1 atom stereocenters. The zero-order valence-corrected chi connectivity index (χ0v) is 16.2. The Bertz CT molecular complexity index is 733. The Morgan fingerprint density at radius 2 is 2.19 bits per heavy atom. The highest BCUT2D eigenvalue weighted by Crippen LogP contribution is 2.21. The summed E-state index contributed by atoms with van der Waals surface area (Å²) in [4.78, 5) is 18.7. The third-order valence-corrected chi connectivity index (χ3v) is 4.71. The topological polar surface area (TPSA) is 54.5 Å². The summed E-state index contributed by atoms with van der Waals surface area (Å²) in [5, 5.41) is 3.01. The van der Waals surface area contributed by atoms with Gasteiger partial charge in [-0.15, -0.1) is 0 Å². The van der Waals surface area contributed by atoms with Gasteiger partial charge in [0.25, 0.3) is 5.91 Å². The summed E-state index contributed by atoms with van der Waals surface area (Å²) in [7, 11) is 0. The fraction of sp³-hybridized carbons (Fsp3) is 0.455. The molecule has 1 aliphatic heterocycles. The number of amides is 1. The molecule has 2 aromatic rings. The SMILES string of the molecule is CC(C)COc1cccc(CN2CCC(CNC(=O)c3ccccn3)C2)c1. The Morgan fingerprint density at radius 1 is 1.30 bits per heavy atom. The molecule has 5 heteroatoms. The molecule has 27 heavy (non-hydrogen) atoms. The van der Waals surface area contributed by atoms with Gasteiger partial charge in [-0.1, -0.05) is 32.0 Å². The smallest absolute Gasteiger partial charge is 0.269 e. The van der Waals surface area contributed by atoms with Crippen LogP contribution in [-0.2, 0) is 6.54 Å². The second-order valence-electron chi connectivity index (χ2n) is 7.67. The van der Waals surface area contributed by atoms with Crippen LogP contribution in [0.15, 0.2) is 48.7 Å². The van der Waals surface area contributed by atoms with E-state index in [0.717, 1.165) is 38.4 Å². The lowest BCUT2D eigenvalue weighted by molar-refractivity contribution is 0.0942. The zero-order chi connectivity index (χ0) is 19.1. The highest BCUT2D eigenvalue weighted by Gasteiger charge is 2.23. The van der Waals surface area contributed by atoms with E-state index in [9.17, 15) is 4.79 Å². The molecule has 5 nitrogen and oxygen atoms in total. The second kappa shape index (κ2) is 9.51. The molecule has 1 unspecified atom stereocenters. The summed E-state index contributed by atoms with van der Waals surface area (Å²) in [6, 6.07) is 13.8. The van der Waals surface area contributed by atoms with Crippen molar-refractivity contribution in [1.29, 1.82) is 0 Å². The Kier molecular flexibility index (Phi) is 6.82. The summed E-state index contributed by atoms with van der Waals surface area (Å²) >= 11 is 0. The molecular formula is C22H29N3O2. The quantitative estimate of drug-likeness (QED) is 0.777. The number of rotatable bonds is 8. The standard InChI is InChI=1S/C22H29N3O2/c1-17(2)16-27-20-7-5-6-18(12-20)14-25-11-9-19(15-25)13-24-22(26)21-8-3-4-10-23-21/h3-8,10,12,17,19H,9,11,13-16H2,1-2H3,(H,24,26). The normalized spacial score (nSPS) is 17.2. The van der Waals surface area contributed by atoms with Gasteiger partial charge < -0.3 is 10.1 Å². The first-order valence-corrected chi connectivity index (χ1v) is 9.73. The number of ether oxygens (including phenoxy) is 1. The van der Waals surface area contributed by atoms with Crippen molar-refractivity contribution < 1.29 is 9.53 Å². The molecule has 0 spiro atoms. The van der Waals surface area contributed by atoms with Crippen LogP contribution in [0.1, 0.15) is 36.3 Å². The Labute approximate surface area is 161 Å². The summed E-state index contributed by atoms with van der Waals surface area (Å²) in [6.45, 7) is 8.72. The van der Waals surface area contributed by atoms with Gasteiger partial charge in [-0.2, -0.15) is 0 Å². The molecule has 1 aliphatic rings. The van der Waals surface area contributed by atoms with Gasteiger partial charge in [0.2, 0.25) is 0 Å². The van der Waals surface area contributed by atoms with Crippen LogP contribution in [0.3, 0.4) is 0 Å². The minimum atomic E-state index is -0.0935. The van der Waals surface area contributed by atoms with Crippen LogP contribution in [-0.4, -0.2) is 42.0 Å². The molecule has 1 amide bonds. The molecule has 1 aromatic carbocycles. The van der Waals surface area contributed by atoms with Gasteiger partial charge in [0, 0.05) is 25.8 Å². The first kappa shape index (κ1) is 19.4. The Balaban J connectivity index is 1.44. The van der Waals surface area contributed by atoms with Crippen LogP contribution in [0.4, 0.5) is 0 Å². The van der Waals surface area contributed by atoms with E-state index in [1.54, 1.807) is 12.3 Å². The van der Waals surface area contributed by atoms with Crippen LogP contribution in [0, 0.1) is 11.8 Å². The largest absolute Gasteiger partial charge is 0.493 e. The molecule has 144 valence electrons. The number of carbonyl (C=O) groups is 1. The fourth-order valence-corrected chi connectivity index (χ4v) is 3.30. The van der Waals surface area contributed by atoms with Gasteiger partial charge in [-0.05, 0) is 54.6 Å². The van der Waals surface area contributed by atoms with Crippen LogP contribution in [0.5, 0.6) is 5.75 Å². The van der Waals surface area contributed by atoms with Gasteiger partial charge >= 0.3 is 0 Å². The number of hydrogen-bond donors (Lipinski definition) is 1. The van der Waals surface area contributed by atoms with E-state index in [2.05, 4.69) is 47.2 Å². The highest BCUT2D eigenvalue weighted by molar-refractivity contribution is 5.92. The molecule has 0 bridgehead atoms. The first-order valence-electron chi connectivity index (χ1n) is 9.73. The third kappa shape index (κ3) is 6.07. The van der Waals surface area contributed by atoms with Crippen molar-refractivity contribution in [1.82, 2.24) is 15.2 Å². The molecule has 0 saturated carbocycles. The molecule has 1 saturated heterocycles. The lowest BCUT2D eigenvalue weighted by Gasteiger charge is -2.17. The number of nitrogens with zero attached hydrogens (tertiary/aromatic N) is 2. The monoisotopic (exact) mass is 367 g/mol. The average molecular weight is 367 g/mol. The van der Waals surface area contributed by atoms with E-state index in [1.807, 2.05) is 18.2 Å². The molecule has 2 heterocycles. The summed E-state index contributed by atoms with van der Waals surface area (Å²) in [5.41, 5.74) is 1.75. The van der Waals surface area contributed by atoms with Crippen molar-refractivity contribution in [2.45, 2.75) is 26.8 Å². The van der Waals surface area contributed by atoms with Crippen LogP contribution in [0.25, 0.3) is 0 Å². The van der Waals surface area contributed by atoms with Crippen molar-refractivity contribution in [2.75, 3.05) is 26.2 Å². The van der Waals surface area contributed by atoms with Gasteiger partial charge in [-0.3, -0.25) is 14.7 Å². The zero-order valence-electron chi connectivity index (χ0n) is 16.2. The van der Waals surface area contributed by atoms with E-state index in [-0.39, 0.29) is 5.91 Å². The number of benzene rings is 1. The Hall–Kier alpha value is -2.40. The Morgan fingerprint density at radius 3 is 2.96 bits per heavy atom. The van der Waals surface area contributed by atoms with E-state index in [1.165, 1.54) is 5.56 Å². The molecule has 0 radical (unpaired) electrons. The minimum Gasteiger partial charge on any atom is -0.493 e. The predicted molar refractivity (Wildman–Crippen MR) is 107 cm³/mol. The minimum absolute atomic E-state index is 0.0935. The van der Waals surface area contributed by atoms with Crippen molar-refractivity contribution in [2.24, 2.45) is 11.8 Å². The van der Waals surface area contributed by atoms with E-state index in [0.29, 0.717) is 24.1 Å². The van der Waals surface area contributed by atoms with Crippen molar-refractivity contribution in [3.8, 4) is 5.75 Å². The lowest BCUT2D eigenvalue weighted by atomic mass is 10.1. The summed E-state index contributed by atoms with van der Waals surface area (Å²) < 4.78 is 5.83. The van der Waals surface area contributed by atoms with Crippen LogP contribution < -0.4 is 10.1 Å².